The van der Waals surface area contributed by atoms with E-state index in [0.29, 0.717) is 12.6 Å². The molecule has 1 saturated carbocycles. The minimum Gasteiger partial charge on any atom is -0.389 e. The smallest absolute Gasteiger partial charge is 0.183 e. The summed E-state index contributed by atoms with van der Waals surface area (Å²) in [5, 5.41) is 18.4. The topological polar surface area (TPSA) is 68.5 Å². The molecule has 104 valence electrons. The second-order valence-electron chi connectivity index (χ2n) is 5.66. The molecular formula is C13H19N3O3. The number of aromatic nitrogens is 2. The summed E-state index contributed by atoms with van der Waals surface area (Å²) < 4.78 is 13.3. The fourth-order valence-corrected chi connectivity index (χ4v) is 3.19. The van der Waals surface area contributed by atoms with Gasteiger partial charge in [-0.3, -0.25) is 4.68 Å². The maximum Gasteiger partial charge on any atom is 0.183 e. The third-order valence-corrected chi connectivity index (χ3v) is 4.49. The van der Waals surface area contributed by atoms with Gasteiger partial charge in [-0.05, 0) is 18.9 Å². The first-order valence-electron chi connectivity index (χ1n) is 7.03. The van der Waals surface area contributed by atoms with Crippen LogP contribution >= 0.6 is 0 Å². The molecule has 0 spiro atoms. The van der Waals surface area contributed by atoms with Crippen molar-refractivity contribution >= 4 is 0 Å². The average molecular weight is 265 g/mol. The van der Waals surface area contributed by atoms with E-state index in [0.717, 1.165) is 0 Å². The van der Waals surface area contributed by atoms with Gasteiger partial charge < -0.3 is 19.9 Å². The van der Waals surface area contributed by atoms with Crippen LogP contribution in [0.2, 0.25) is 0 Å². The summed E-state index contributed by atoms with van der Waals surface area (Å²) in [5.74, 6) is 0. The Morgan fingerprint density at radius 3 is 2.95 bits per heavy atom. The minimum absolute atomic E-state index is 0.0487. The number of ether oxygens (including phenoxy) is 2. The van der Waals surface area contributed by atoms with Gasteiger partial charge in [0.25, 0.3) is 0 Å². The summed E-state index contributed by atoms with van der Waals surface area (Å²) in [6.07, 6.45) is 6.23. The third-order valence-electron chi connectivity index (χ3n) is 4.49. The van der Waals surface area contributed by atoms with Crippen molar-refractivity contribution in [1.29, 1.82) is 0 Å². The first-order chi connectivity index (χ1) is 9.33. The standard InChI is InChI=1S/C13H19N3O3/c17-12-10(15-8-3-1-4-8)9-7-18-13(19-9)11(12)16-6-2-5-14-16/h2,5-6,8-13,15,17H,1,3-4,7H2/t9-,10-,11-,12+,13-/m1/s1. The normalized spacial score (nSPS) is 42.3. The molecule has 4 rings (SSSR count). The van der Waals surface area contributed by atoms with E-state index in [4.69, 9.17) is 9.47 Å². The fourth-order valence-electron chi connectivity index (χ4n) is 3.19. The van der Waals surface area contributed by atoms with Crippen LogP contribution in [0, 0.1) is 0 Å². The summed E-state index contributed by atoms with van der Waals surface area (Å²) in [4.78, 5) is 0. The van der Waals surface area contributed by atoms with Gasteiger partial charge in [0.05, 0.1) is 18.8 Å². The highest BCUT2D eigenvalue weighted by Gasteiger charge is 2.51. The Bertz CT molecular complexity index is 434. The van der Waals surface area contributed by atoms with E-state index in [2.05, 4.69) is 10.4 Å². The predicted molar refractivity (Wildman–Crippen MR) is 66.4 cm³/mol. The number of aliphatic hydroxyl groups excluding tert-OH is 1. The minimum atomic E-state index is -0.535. The molecule has 2 N–H and O–H groups in total. The highest BCUT2D eigenvalue weighted by atomic mass is 16.7. The summed E-state index contributed by atoms with van der Waals surface area (Å²) in [5.41, 5.74) is 0. The molecule has 5 atom stereocenters. The van der Waals surface area contributed by atoms with E-state index >= 15 is 0 Å². The molecule has 2 aliphatic heterocycles. The lowest BCUT2D eigenvalue weighted by Crippen LogP contribution is -2.60. The Morgan fingerprint density at radius 2 is 2.26 bits per heavy atom. The third kappa shape index (κ3) is 1.90. The highest BCUT2D eigenvalue weighted by molar-refractivity contribution is 5.02. The lowest BCUT2D eigenvalue weighted by Gasteiger charge is -2.42. The van der Waals surface area contributed by atoms with Crippen molar-refractivity contribution < 1.29 is 14.6 Å². The van der Waals surface area contributed by atoms with Gasteiger partial charge in [0, 0.05) is 18.4 Å². The molecule has 3 aliphatic rings. The van der Waals surface area contributed by atoms with Crippen LogP contribution in [-0.2, 0) is 9.47 Å². The van der Waals surface area contributed by atoms with Crippen molar-refractivity contribution in [3.05, 3.63) is 18.5 Å². The van der Waals surface area contributed by atoms with E-state index in [-0.39, 0.29) is 24.5 Å². The van der Waals surface area contributed by atoms with E-state index < -0.39 is 6.10 Å². The van der Waals surface area contributed by atoms with Crippen molar-refractivity contribution in [3.8, 4) is 0 Å². The van der Waals surface area contributed by atoms with Gasteiger partial charge in [-0.1, -0.05) is 6.42 Å². The summed E-state index contributed by atoms with van der Waals surface area (Å²) in [6, 6.07) is 2.02. The molecular weight excluding hydrogens is 246 g/mol. The molecule has 1 aliphatic carbocycles. The summed E-state index contributed by atoms with van der Waals surface area (Å²) >= 11 is 0. The second-order valence-corrected chi connectivity index (χ2v) is 5.66. The van der Waals surface area contributed by atoms with Crippen LogP contribution < -0.4 is 5.32 Å². The lowest BCUT2D eigenvalue weighted by molar-refractivity contribution is -0.169. The van der Waals surface area contributed by atoms with Gasteiger partial charge >= 0.3 is 0 Å². The van der Waals surface area contributed by atoms with Crippen molar-refractivity contribution in [3.63, 3.8) is 0 Å². The molecule has 0 unspecified atom stereocenters. The number of aliphatic hydroxyl groups is 1. The van der Waals surface area contributed by atoms with Gasteiger partial charge in [0.2, 0.25) is 0 Å². The predicted octanol–water partition coefficient (Wildman–Crippen LogP) is 0.0509. The molecule has 6 nitrogen and oxygen atoms in total. The maximum absolute atomic E-state index is 10.7. The molecule has 0 radical (unpaired) electrons. The number of hydrogen-bond acceptors (Lipinski definition) is 5. The van der Waals surface area contributed by atoms with Crippen LogP contribution in [-0.4, -0.2) is 52.1 Å². The average Bonchev–Trinajstić information content (AvgIpc) is 2.98. The molecule has 19 heavy (non-hydrogen) atoms. The van der Waals surface area contributed by atoms with E-state index in [9.17, 15) is 5.11 Å². The summed E-state index contributed by atoms with van der Waals surface area (Å²) in [6.45, 7) is 0.546. The Hall–Kier alpha value is -0.950. The summed E-state index contributed by atoms with van der Waals surface area (Å²) in [7, 11) is 0. The molecule has 3 heterocycles. The van der Waals surface area contributed by atoms with Crippen LogP contribution in [0.15, 0.2) is 18.5 Å². The lowest BCUT2D eigenvalue weighted by atomic mass is 9.89. The fraction of sp³-hybridized carbons (Fsp3) is 0.769. The van der Waals surface area contributed by atoms with Crippen LogP contribution in [0.1, 0.15) is 25.3 Å². The SMILES string of the molecule is O[C@H]1[C@H](NC2CCC2)[C@H]2CO[C@H](O2)[C@@H]1n1cccn1. The molecule has 0 amide bonds. The zero-order valence-electron chi connectivity index (χ0n) is 10.7. The van der Waals surface area contributed by atoms with Crippen molar-refractivity contribution in [2.75, 3.05) is 6.61 Å². The molecule has 3 fully saturated rings. The molecule has 2 saturated heterocycles. The van der Waals surface area contributed by atoms with Crippen LogP contribution in [0.3, 0.4) is 0 Å². The first kappa shape index (κ1) is 11.8. The highest BCUT2D eigenvalue weighted by Crippen LogP contribution is 2.36. The monoisotopic (exact) mass is 265 g/mol. The zero-order chi connectivity index (χ0) is 12.8. The molecule has 1 aromatic heterocycles. The van der Waals surface area contributed by atoms with E-state index in [1.54, 1.807) is 10.9 Å². The quantitative estimate of drug-likeness (QED) is 0.808. The van der Waals surface area contributed by atoms with Crippen LogP contribution in [0.5, 0.6) is 0 Å². The zero-order valence-corrected chi connectivity index (χ0v) is 10.7. The van der Waals surface area contributed by atoms with E-state index in [1.807, 2.05) is 12.3 Å². The Balaban J connectivity index is 1.57. The maximum atomic E-state index is 10.7. The number of nitrogens with one attached hydrogen (secondary N) is 1. The van der Waals surface area contributed by atoms with Crippen molar-refractivity contribution in [1.82, 2.24) is 15.1 Å². The number of nitrogens with zero attached hydrogens (tertiary/aromatic N) is 2. The largest absolute Gasteiger partial charge is 0.389 e. The van der Waals surface area contributed by atoms with Gasteiger partial charge in [0.15, 0.2) is 6.29 Å². The Morgan fingerprint density at radius 1 is 1.37 bits per heavy atom. The number of hydrogen-bond donors (Lipinski definition) is 2. The first-order valence-corrected chi connectivity index (χ1v) is 7.03. The molecule has 6 heteroatoms. The van der Waals surface area contributed by atoms with Crippen molar-refractivity contribution in [2.24, 2.45) is 0 Å². The van der Waals surface area contributed by atoms with Gasteiger partial charge in [-0.15, -0.1) is 0 Å². The van der Waals surface area contributed by atoms with Gasteiger partial charge in [-0.25, -0.2) is 0 Å². The van der Waals surface area contributed by atoms with Gasteiger partial charge in [0.1, 0.15) is 12.1 Å². The molecule has 0 aromatic carbocycles. The van der Waals surface area contributed by atoms with Crippen LogP contribution in [0.4, 0.5) is 0 Å². The number of rotatable bonds is 3. The Labute approximate surface area is 111 Å². The molecule has 2 bridgehead atoms. The second kappa shape index (κ2) is 4.56. The number of fused-ring (bicyclic) bond motifs is 2. The van der Waals surface area contributed by atoms with E-state index in [1.165, 1.54) is 19.3 Å². The van der Waals surface area contributed by atoms with Gasteiger partial charge in [-0.2, -0.15) is 5.10 Å². The van der Waals surface area contributed by atoms with Crippen molar-refractivity contribution in [2.45, 2.75) is 55.9 Å². The van der Waals surface area contributed by atoms with Crippen LogP contribution in [0.25, 0.3) is 0 Å². The Kier molecular flexibility index (Phi) is 2.84. The molecule has 1 aromatic rings.